The van der Waals surface area contributed by atoms with Gasteiger partial charge in [0, 0.05) is 0 Å². The van der Waals surface area contributed by atoms with Crippen LogP contribution in [0.4, 0.5) is 0 Å². The molecule has 6 aliphatic rings. The van der Waals surface area contributed by atoms with Crippen molar-refractivity contribution >= 4 is 18.1 Å². The van der Waals surface area contributed by atoms with Crippen molar-refractivity contribution in [1.29, 1.82) is 0 Å². The van der Waals surface area contributed by atoms with Crippen molar-refractivity contribution < 1.29 is 35.2 Å². The Morgan fingerprint density at radius 2 is 1.25 bits per heavy atom. The van der Waals surface area contributed by atoms with Crippen LogP contribution in [0.15, 0.2) is 0 Å². The third-order valence-electron chi connectivity index (χ3n) is 9.03. The van der Waals surface area contributed by atoms with Crippen LogP contribution in [0.5, 0.6) is 0 Å². The van der Waals surface area contributed by atoms with Crippen LogP contribution in [0.3, 0.4) is 0 Å². The Balaban J connectivity index is 0.000000184. The first-order chi connectivity index (χ1) is 15.2. The molecule has 0 aromatic carbocycles. The van der Waals surface area contributed by atoms with Crippen LogP contribution in [0.25, 0.3) is 0 Å². The smallest absolute Gasteiger partial charge is 2.00 e. The van der Waals surface area contributed by atoms with Crippen LogP contribution in [0, 0.1) is 36.0 Å². The fraction of sp³-hybridized carbons (Fsp3) is 0.963. The van der Waals surface area contributed by atoms with E-state index < -0.39 is 0 Å². The zero-order valence-corrected chi connectivity index (χ0v) is 25.0. The van der Waals surface area contributed by atoms with Crippen LogP contribution in [0.1, 0.15) is 103 Å². The maximum absolute atomic E-state index is 4.49. The van der Waals surface area contributed by atoms with E-state index in [0.717, 1.165) is 5.92 Å². The van der Waals surface area contributed by atoms with Crippen LogP contribution < -0.4 is 0 Å². The van der Waals surface area contributed by atoms with Crippen molar-refractivity contribution in [3.05, 3.63) is 6.42 Å². The molecule has 32 heavy (non-hydrogen) atoms. The second-order valence-corrected chi connectivity index (χ2v) is 13.5. The Kier molecular flexibility index (Phi) is 15.6. The zero-order chi connectivity index (χ0) is 22.1. The second kappa shape index (κ2) is 16.6. The summed E-state index contributed by atoms with van der Waals surface area (Å²) in [6.07, 6.45) is 27.0. The van der Waals surface area contributed by atoms with E-state index in [9.17, 15) is 0 Å². The molecule has 0 amide bonds. The van der Waals surface area contributed by atoms with Gasteiger partial charge in [-0.2, -0.15) is 12.3 Å². The van der Waals surface area contributed by atoms with Gasteiger partial charge in [0.15, 0.2) is 0 Å². The van der Waals surface area contributed by atoms with Gasteiger partial charge >= 0.3 is 44.8 Å². The average molecular weight is 616 g/mol. The van der Waals surface area contributed by atoms with E-state index in [-0.39, 0.29) is 17.1 Å². The monoisotopic (exact) mass is 615 g/mol. The molecule has 0 saturated heterocycles. The van der Waals surface area contributed by atoms with E-state index in [2.05, 4.69) is 53.1 Å². The minimum atomic E-state index is 0. The minimum absolute atomic E-state index is 0. The van der Waals surface area contributed by atoms with E-state index in [4.69, 9.17) is 0 Å². The summed E-state index contributed by atoms with van der Waals surface area (Å²) in [7, 11) is 10.2. The van der Waals surface area contributed by atoms with Crippen molar-refractivity contribution in [2.24, 2.45) is 29.6 Å². The van der Waals surface area contributed by atoms with Crippen molar-refractivity contribution in [3.63, 3.8) is 0 Å². The molecule has 8 atom stereocenters. The van der Waals surface area contributed by atoms with Crippen molar-refractivity contribution in [1.82, 2.24) is 4.90 Å². The molecule has 0 aromatic rings. The van der Waals surface area contributed by atoms with Gasteiger partial charge in [0.1, 0.15) is 0 Å². The first-order valence-electron chi connectivity index (χ1n) is 13.5. The maximum atomic E-state index is 4.49. The summed E-state index contributed by atoms with van der Waals surface area (Å²) in [5.41, 5.74) is 2.40. The third-order valence-corrected chi connectivity index (χ3v) is 11.3. The second-order valence-electron chi connectivity index (χ2n) is 11.7. The van der Waals surface area contributed by atoms with E-state index >= 15 is 0 Å². The van der Waals surface area contributed by atoms with Gasteiger partial charge in [0.2, 0.25) is 0 Å². The summed E-state index contributed by atoms with van der Waals surface area (Å²) >= 11 is 2.22. The molecule has 4 bridgehead atoms. The van der Waals surface area contributed by atoms with Gasteiger partial charge in [-0.15, -0.1) is 8.58 Å². The average Bonchev–Trinajstić information content (AvgIpc) is 3.61. The molecule has 6 aliphatic carbocycles. The van der Waals surface area contributed by atoms with Crippen molar-refractivity contribution in [3.8, 4) is 0 Å². The molecule has 0 N–H and O–H groups in total. The number of rotatable bonds is 4. The number of fused-ring (bicyclic) bond motifs is 4. The molecular weight excluding hydrogens is 567 g/mol. The molecule has 0 heterocycles. The molecule has 5 heteroatoms. The van der Waals surface area contributed by atoms with Gasteiger partial charge in [-0.3, -0.25) is 0 Å². The largest absolute Gasteiger partial charge is 2.00 e. The van der Waals surface area contributed by atoms with Crippen molar-refractivity contribution in [2.75, 3.05) is 20.6 Å². The quantitative estimate of drug-likeness (QED) is 0.175. The topological polar surface area (TPSA) is 3.24 Å². The molecule has 0 aromatic heterocycles. The van der Waals surface area contributed by atoms with Crippen molar-refractivity contribution in [2.45, 2.75) is 114 Å². The number of nitrogens with zero attached hydrogens (tertiary/aromatic N) is 1. The summed E-state index contributed by atoms with van der Waals surface area (Å²) in [6.45, 7) is 1.25. The molecule has 0 aliphatic heterocycles. The fourth-order valence-electron chi connectivity index (χ4n) is 7.54. The summed E-state index contributed by atoms with van der Waals surface area (Å²) in [6, 6.07) is 0. The Bertz CT molecular complexity index is 453. The molecule has 6 saturated carbocycles. The van der Waals surface area contributed by atoms with Gasteiger partial charge in [-0.05, 0) is 94.2 Å². The normalized spacial score (nSPS) is 38.8. The molecule has 6 fully saturated rings. The van der Waals surface area contributed by atoms with E-state index in [0.29, 0.717) is 0 Å². The predicted molar refractivity (Wildman–Crippen MR) is 136 cm³/mol. The fourth-order valence-corrected chi connectivity index (χ4v) is 10.2. The SMILES string of the molecule is C1CCCC1.C1C[C@@H]2C[C@H]1CC2PC1C[C@@H]2CC[C@H]1C2.CN(C)CC1[CH-]CCC1.[Cl][Pd+].[Fe+2]. The van der Waals surface area contributed by atoms with Gasteiger partial charge in [0.25, 0.3) is 0 Å². The standard InChI is InChI=1S/C14H23P.C8H16N.C5H10.ClH.Fe.Pd/c1-3-11-5-9(1)7-13(11)15-14-8-10-2-4-12(14)6-10;1-9(2)7-8-5-3-4-6-8;1-2-4-5-3-1;;;/h9-15H,1-8H2;5,8H,3-4,6-7H2,1-2H3;1-5H2;1H;;/q;-1;;;2*+2/p-1/t9-,10+,11+,12-,13?,14?;;;;;. The number of hydrogen-bond donors (Lipinski definition) is 0. The summed E-state index contributed by atoms with van der Waals surface area (Å²) in [5.74, 6) is 5.61. The Hall–Kier alpha value is 1.86. The summed E-state index contributed by atoms with van der Waals surface area (Å²) in [5, 5.41) is 0. The molecule has 4 unspecified atom stereocenters. The van der Waals surface area contributed by atoms with Gasteiger partial charge in [-0.1, -0.05) is 57.8 Å². The van der Waals surface area contributed by atoms with Crippen LogP contribution in [-0.2, 0) is 35.2 Å². The van der Waals surface area contributed by atoms with Gasteiger partial charge in [-0.25, -0.2) is 0 Å². The number of hydrogen-bond acceptors (Lipinski definition) is 1. The van der Waals surface area contributed by atoms with Gasteiger partial charge < -0.3 is 11.3 Å². The first kappa shape index (κ1) is 30.1. The summed E-state index contributed by atoms with van der Waals surface area (Å²) < 4.78 is 0. The molecule has 1 nitrogen and oxygen atoms in total. The maximum Gasteiger partial charge on any atom is 2.00 e. The Labute approximate surface area is 227 Å². The molecule has 190 valence electrons. The molecular formula is C27H49ClFeNPPd+2. The molecule has 0 radical (unpaired) electrons. The Morgan fingerprint density at radius 3 is 1.56 bits per heavy atom. The van der Waals surface area contributed by atoms with E-state index in [1.165, 1.54) is 101 Å². The first-order valence-corrected chi connectivity index (χ1v) is 16.7. The zero-order valence-electron chi connectivity index (χ0n) is 20.6. The van der Waals surface area contributed by atoms with Gasteiger partial charge in [0.05, 0.1) is 0 Å². The van der Waals surface area contributed by atoms with Crippen LogP contribution in [-0.4, -0.2) is 36.9 Å². The molecule has 0 spiro atoms. The molecule has 6 rings (SSSR count). The van der Waals surface area contributed by atoms with E-state index in [1.807, 2.05) is 0 Å². The minimum Gasteiger partial charge on any atom is 2.00 e. The third kappa shape index (κ3) is 9.72. The van der Waals surface area contributed by atoms with E-state index in [1.54, 1.807) is 51.4 Å². The van der Waals surface area contributed by atoms with Crippen LogP contribution >= 0.6 is 18.1 Å². The predicted octanol–water partition coefficient (Wildman–Crippen LogP) is 8.23. The number of halogens is 1. The van der Waals surface area contributed by atoms with Crippen LogP contribution in [0.2, 0.25) is 0 Å². The Morgan fingerprint density at radius 1 is 0.750 bits per heavy atom. The summed E-state index contributed by atoms with van der Waals surface area (Å²) in [4.78, 5) is 2.27.